The Balaban J connectivity index is 1.87. The molecule has 0 bridgehead atoms. The van der Waals surface area contributed by atoms with Gasteiger partial charge in [-0.05, 0) is 56.5 Å². The molecule has 1 aromatic carbocycles. The first-order valence-corrected chi connectivity index (χ1v) is 9.83. The minimum atomic E-state index is -0.399. The number of nitrogens with one attached hydrogen (secondary N) is 1. The summed E-state index contributed by atoms with van der Waals surface area (Å²) in [7, 11) is 0. The summed E-state index contributed by atoms with van der Waals surface area (Å²) in [6.07, 6.45) is 3.55. The number of carbonyl (C=O) groups excluding carboxylic acids is 1. The zero-order valence-corrected chi connectivity index (χ0v) is 17.3. The summed E-state index contributed by atoms with van der Waals surface area (Å²) in [6.45, 7) is 4.98. The molecule has 1 aliphatic rings. The second-order valence-corrected chi connectivity index (χ2v) is 7.53. The lowest BCUT2D eigenvalue weighted by molar-refractivity contribution is -0.117. The lowest BCUT2D eigenvalue weighted by Gasteiger charge is -2.12. The average Bonchev–Trinajstić information content (AvgIpc) is 3.28. The van der Waals surface area contributed by atoms with Crippen LogP contribution < -0.4 is 5.32 Å². The molecule has 146 valence electrons. The highest BCUT2D eigenvalue weighted by Crippen LogP contribution is 2.32. The van der Waals surface area contributed by atoms with Gasteiger partial charge >= 0.3 is 0 Å². The number of hydrogen-bond donors (Lipinski definition) is 1. The summed E-state index contributed by atoms with van der Waals surface area (Å²) in [6, 6.07) is 9.35. The van der Waals surface area contributed by atoms with Gasteiger partial charge in [0.2, 0.25) is 0 Å². The van der Waals surface area contributed by atoms with Crippen molar-refractivity contribution >= 4 is 35.2 Å². The van der Waals surface area contributed by atoms with Crippen LogP contribution >= 0.6 is 23.2 Å². The molecule has 1 atom stereocenters. The summed E-state index contributed by atoms with van der Waals surface area (Å²) in [5.74, 6) is -0.399. The molecule has 0 saturated carbocycles. The van der Waals surface area contributed by atoms with E-state index in [2.05, 4.69) is 5.32 Å². The van der Waals surface area contributed by atoms with Crippen LogP contribution in [-0.2, 0) is 9.53 Å². The van der Waals surface area contributed by atoms with Crippen molar-refractivity contribution in [2.45, 2.75) is 32.8 Å². The van der Waals surface area contributed by atoms with Crippen LogP contribution in [0.25, 0.3) is 11.8 Å². The van der Waals surface area contributed by atoms with E-state index in [-0.39, 0.29) is 11.7 Å². The van der Waals surface area contributed by atoms with E-state index in [4.69, 9.17) is 27.9 Å². The van der Waals surface area contributed by atoms with Crippen LogP contribution in [0.3, 0.4) is 0 Å². The third-order valence-corrected chi connectivity index (χ3v) is 5.63. The first-order chi connectivity index (χ1) is 13.4. The highest BCUT2D eigenvalue weighted by molar-refractivity contribution is 6.43. The maximum absolute atomic E-state index is 12.4. The topological polar surface area (TPSA) is 67.1 Å². The number of hydrogen-bond acceptors (Lipinski definition) is 3. The van der Waals surface area contributed by atoms with Gasteiger partial charge in [0.1, 0.15) is 11.6 Å². The number of aryl methyl sites for hydroxylation is 1. The summed E-state index contributed by atoms with van der Waals surface area (Å²) in [5, 5.41) is 13.2. The number of nitrogens with zero attached hydrogens (tertiary/aromatic N) is 2. The molecular formula is C21H21Cl2N3O2. The van der Waals surface area contributed by atoms with Gasteiger partial charge in [-0.1, -0.05) is 29.3 Å². The monoisotopic (exact) mass is 417 g/mol. The molecule has 1 fully saturated rings. The first kappa shape index (κ1) is 20.5. The molecule has 7 heteroatoms. The van der Waals surface area contributed by atoms with Gasteiger partial charge in [0.25, 0.3) is 5.91 Å². The van der Waals surface area contributed by atoms with Crippen molar-refractivity contribution < 1.29 is 9.53 Å². The van der Waals surface area contributed by atoms with Crippen LogP contribution in [0.1, 0.15) is 29.8 Å². The van der Waals surface area contributed by atoms with Crippen LogP contribution in [0.4, 0.5) is 0 Å². The second-order valence-electron chi connectivity index (χ2n) is 6.75. The lowest BCUT2D eigenvalue weighted by atomic mass is 10.1. The van der Waals surface area contributed by atoms with E-state index in [1.807, 2.05) is 42.7 Å². The number of halogens is 2. The van der Waals surface area contributed by atoms with E-state index in [1.54, 1.807) is 12.1 Å². The molecule has 2 heterocycles. The fraction of sp³-hybridized carbons (Fsp3) is 0.333. The Bertz CT molecular complexity index is 967. The zero-order valence-electron chi connectivity index (χ0n) is 15.8. The molecule has 2 aromatic rings. The van der Waals surface area contributed by atoms with Gasteiger partial charge in [-0.25, -0.2) is 0 Å². The van der Waals surface area contributed by atoms with Crippen LogP contribution in [-0.4, -0.2) is 29.7 Å². The summed E-state index contributed by atoms with van der Waals surface area (Å²) >= 11 is 12.5. The molecule has 0 unspecified atom stereocenters. The lowest BCUT2D eigenvalue weighted by Crippen LogP contribution is -2.32. The van der Waals surface area contributed by atoms with Gasteiger partial charge < -0.3 is 14.6 Å². The number of nitriles is 1. The molecule has 0 aliphatic carbocycles. The average molecular weight is 418 g/mol. The van der Waals surface area contributed by atoms with E-state index < -0.39 is 5.91 Å². The molecule has 1 N–H and O–H groups in total. The Morgan fingerprint density at radius 3 is 2.89 bits per heavy atom. The predicted octanol–water partition coefficient (Wildman–Crippen LogP) is 4.60. The van der Waals surface area contributed by atoms with Crippen LogP contribution in [0.15, 0.2) is 29.8 Å². The number of carbonyl (C=O) groups is 1. The van der Waals surface area contributed by atoms with Crippen molar-refractivity contribution in [2.75, 3.05) is 13.2 Å². The quantitative estimate of drug-likeness (QED) is 0.570. The van der Waals surface area contributed by atoms with Gasteiger partial charge in [0.05, 0.1) is 21.8 Å². The number of amides is 1. The van der Waals surface area contributed by atoms with Gasteiger partial charge in [0.15, 0.2) is 0 Å². The maximum Gasteiger partial charge on any atom is 0.262 e. The SMILES string of the molecule is Cc1cc(/C=C(\C#N)C(=O)NC[C@H]2CCCO2)c(C)n1-c1cccc(Cl)c1Cl. The van der Waals surface area contributed by atoms with Gasteiger partial charge in [0, 0.05) is 24.5 Å². The van der Waals surface area contributed by atoms with Crippen molar-refractivity contribution in [3.8, 4) is 11.8 Å². The van der Waals surface area contributed by atoms with Crippen LogP contribution in [0.2, 0.25) is 10.0 Å². The third-order valence-electron chi connectivity index (χ3n) is 4.82. The molecule has 0 radical (unpaired) electrons. The van der Waals surface area contributed by atoms with Crippen molar-refractivity contribution in [3.05, 3.63) is 56.8 Å². The Labute approximate surface area is 174 Å². The highest BCUT2D eigenvalue weighted by Gasteiger charge is 2.19. The van der Waals surface area contributed by atoms with Crippen molar-refractivity contribution in [2.24, 2.45) is 0 Å². The van der Waals surface area contributed by atoms with Crippen molar-refractivity contribution in [1.29, 1.82) is 5.26 Å². The number of aromatic nitrogens is 1. The molecule has 28 heavy (non-hydrogen) atoms. The highest BCUT2D eigenvalue weighted by atomic mass is 35.5. The Hall–Kier alpha value is -2.26. The molecule has 5 nitrogen and oxygen atoms in total. The van der Waals surface area contributed by atoms with E-state index in [0.717, 1.165) is 42.1 Å². The fourth-order valence-corrected chi connectivity index (χ4v) is 3.76. The van der Waals surface area contributed by atoms with Gasteiger partial charge in [-0.2, -0.15) is 5.26 Å². The Kier molecular flexibility index (Phi) is 6.46. The molecule has 0 spiro atoms. The summed E-state index contributed by atoms with van der Waals surface area (Å²) in [4.78, 5) is 12.4. The van der Waals surface area contributed by atoms with E-state index in [0.29, 0.717) is 16.6 Å². The molecule has 1 aromatic heterocycles. The zero-order chi connectivity index (χ0) is 20.3. The first-order valence-electron chi connectivity index (χ1n) is 9.07. The molecule has 1 amide bonds. The smallest absolute Gasteiger partial charge is 0.262 e. The van der Waals surface area contributed by atoms with Gasteiger partial charge in [-0.3, -0.25) is 4.79 Å². The number of rotatable bonds is 5. The molecule has 1 aliphatic heterocycles. The summed E-state index contributed by atoms with van der Waals surface area (Å²) < 4.78 is 7.46. The van der Waals surface area contributed by atoms with Crippen molar-refractivity contribution in [1.82, 2.24) is 9.88 Å². The minimum Gasteiger partial charge on any atom is -0.376 e. The maximum atomic E-state index is 12.4. The number of benzene rings is 1. The predicted molar refractivity (Wildman–Crippen MR) is 111 cm³/mol. The molecular weight excluding hydrogens is 397 g/mol. The Morgan fingerprint density at radius 2 is 2.21 bits per heavy atom. The fourth-order valence-electron chi connectivity index (χ4n) is 3.38. The van der Waals surface area contributed by atoms with Crippen molar-refractivity contribution in [3.63, 3.8) is 0 Å². The van der Waals surface area contributed by atoms with E-state index in [9.17, 15) is 10.1 Å². The van der Waals surface area contributed by atoms with Crippen LogP contribution in [0, 0.1) is 25.2 Å². The minimum absolute atomic E-state index is 0.0268. The van der Waals surface area contributed by atoms with Gasteiger partial charge in [-0.15, -0.1) is 0 Å². The largest absolute Gasteiger partial charge is 0.376 e. The molecule has 1 saturated heterocycles. The normalized spacial score (nSPS) is 16.8. The molecule has 3 rings (SSSR count). The van der Waals surface area contributed by atoms with Crippen LogP contribution in [0.5, 0.6) is 0 Å². The Morgan fingerprint density at radius 1 is 1.43 bits per heavy atom. The van der Waals surface area contributed by atoms with E-state index in [1.165, 1.54) is 0 Å². The standard InChI is InChI=1S/C21H21Cl2N3O2/c1-13-9-15(14(2)26(13)19-7-3-6-18(22)20(19)23)10-16(11-24)21(27)25-12-17-5-4-8-28-17/h3,6-7,9-10,17H,4-5,8,12H2,1-2H3,(H,25,27)/b16-10+/t17-/m1/s1. The number of ether oxygens (including phenoxy) is 1. The summed E-state index contributed by atoms with van der Waals surface area (Å²) in [5.41, 5.74) is 3.37. The third kappa shape index (κ3) is 4.25. The second kappa shape index (κ2) is 8.83. The van der Waals surface area contributed by atoms with E-state index >= 15 is 0 Å².